The number of hydrogen-bond acceptors (Lipinski definition) is 7. The fourth-order valence-corrected chi connectivity index (χ4v) is 5.11. The zero-order valence-electron chi connectivity index (χ0n) is 21.7. The molecule has 43 heavy (non-hydrogen) atoms. The van der Waals surface area contributed by atoms with E-state index >= 15 is 0 Å². The summed E-state index contributed by atoms with van der Waals surface area (Å²) < 4.78 is 109. The molecule has 2 aromatic carbocycles. The average Bonchev–Trinajstić information content (AvgIpc) is 3.52. The number of carbonyl (C=O) groups is 1. The first kappa shape index (κ1) is 28.7. The standard InChI is InChI=1S/C28H20F7N3O5/c29-16-5-1-13(2-6-16)22-24-17(18(10-41-24)27(30,31)32)9-21(38-22)26(40,15-3-4-15)11-36-25(39)14-7-19-23(37-12-42-19)20(8-14)43-28(33,34)35/h1-2,5-9,12,15,18,40H,3-4,10-11H2,(H,36,39)/t18-,26-/m1/s1. The number of oxazole rings is 1. The van der Waals surface area contributed by atoms with Crippen LogP contribution in [0.25, 0.3) is 22.4 Å². The Bertz CT molecular complexity index is 1700. The number of fused-ring (bicyclic) bond motifs is 2. The van der Waals surface area contributed by atoms with Crippen LogP contribution in [0.1, 0.15) is 40.4 Å². The monoisotopic (exact) mass is 611 g/mol. The van der Waals surface area contributed by atoms with Gasteiger partial charge >= 0.3 is 12.5 Å². The zero-order valence-corrected chi connectivity index (χ0v) is 21.7. The van der Waals surface area contributed by atoms with Crippen molar-refractivity contribution in [3.8, 4) is 22.8 Å². The summed E-state index contributed by atoms with van der Waals surface area (Å²) in [6.07, 6.45) is -7.98. The highest BCUT2D eigenvalue weighted by Gasteiger charge is 2.51. The third-order valence-electron chi connectivity index (χ3n) is 7.39. The molecule has 0 bridgehead atoms. The molecule has 3 heterocycles. The number of carbonyl (C=O) groups excluding carboxylic acids is 1. The molecule has 0 radical (unpaired) electrons. The van der Waals surface area contributed by atoms with Gasteiger partial charge in [0.15, 0.2) is 23.2 Å². The highest BCUT2D eigenvalue weighted by molar-refractivity contribution is 5.98. The van der Waals surface area contributed by atoms with Crippen molar-refractivity contribution in [2.24, 2.45) is 5.92 Å². The molecular weight excluding hydrogens is 591 g/mol. The summed E-state index contributed by atoms with van der Waals surface area (Å²) in [7, 11) is 0. The maximum atomic E-state index is 13.9. The minimum absolute atomic E-state index is 0.0469. The van der Waals surface area contributed by atoms with Gasteiger partial charge in [0.1, 0.15) is 35.4 Å². The summed E-state index contributed by atoms with van der Waals surface area (Å²) >= 11 is 0. The number of hydrogen-bond donors (Lipinski definition) is 2. The van der Waals surface area contributed by atoms with E-state index in [1.54, 1.807) is 0 Å². The van der Waals surface area contributed by atoms with Crippen molar-refractivity contribution in [3.05, 3.63) is 71.5 Å². The molecule has 2 aliphatic rings. The summed E-state index contributed by atoms with van der Waals surface area (Å²) in [4.78, 5) is 21.2. The second-order valence-electron chi connectivity index (χ2n) is 10.3. The van der Waals surface area contributed by atoms with Crippen molar-refractivity contribution in [1.29, 1.82) is 0 Å². The van der Waals surface area contributed by atoms with Crippen LogP contribution >= 0.6 is 0 Å². The van der Waals surface area contributed by atoms with Gasteiger partial charge in [-0.25, -0.2) is 14.4 Å². The normalized spacial score (nSPS) is 18.2. The van der Waals surface area contributed by atoms with Gasteiger partial charge in [-0.3, -0.25) is 4.79 Å². The summed E-state index contributed by atoms with van der Waals surface area (Å²) in [5, 5.41) is 14.3. The van der Waals surface area contributed by atoms with E-state index in [4.69, 9.17) is 9.15 Å². The van der Waals surface area contributed by atoms with Crippen LogP contribution in [-0.2, 0) is 5.60 Å². The van der Waals surface area contributed by atoms with E-state index in [1.165, 1.54) is 12.1 Å². The van der Waals surface area contributed by atoms with Gasteiger partial charge in [-0.05, 0) is 61.2 Å². The van der Waals surface area contributed by atoms with Crippen molar-refractivity contribution >= 4 is 17.0 Å². The fraction of sp³-hybridized carbons (Fsp3) is 0.321. The third kappa shape index (κ3) is 5.56. The molecule has 4 aromatic rings. The Hall–Kier alpha value is -4.40. The number of halogens is 7. The quantitative estimate of drug-likeness (QED) is 0.247. The Morgan fingerprint density at radius 3 is 2.44 bits per heavy atom. The van der Waals surface area contributed by atoms with Crippen molar-refractivity contribution in [2.75, 3.05) is 13.2 Å². The highest BCUT2D eigenvalue weighted by atomic mass is 19.4. The van der Waals surface area contributed by atoms with Crippen LogP contribution in [0, 0.1) is 11.7 Å². The summed E-state index contributed by atoms with van der Waals surface area (Å²) in [6, 6.07) is 7.84. The Labute approximate surface area is 237 Å². The third-order valence-corrected chi connectivity index (χ3v) is 7.39. The Morgan fingerprint density at radius 2 is 1.79 bits per heavy atom. The molecule has 1 aliphatic heterocycles. The molecule has 226 valence electrons. The van der Waals surface area contributed by atoms with E-state index in [1.807, 2.05) is 0 Å². The van der Waals surface area contributed by atoms with Crippen LogP contribution in [0.2, 0.25) is 0 Å². The van der Waals surface area contributed by atoms with E-state index in [0.29, 0.717) is 12.8 Å². The SMILES string of the molecule is O=C(NC[C@](O)(c1cc2c(c(-c3ccc(F)cc3)n1)OC[C@H]2C(F)(F)F)C1CC1)c1cc(OC(F)(F)F)c2ncoc2c1. The molecule has 0 saturated heterocycles. The van der Waals surface area contributed by atoms with Gasteiger partial charge < -0.3 is 24.3 Å². The van der Waals surface area contributed by atoms with Crippen LogP contribution < -0.4 is 14.8 Å². The molecule has 8 nitrogen and oxygen atoms in total. The molecule has 2 N–H and O–H groups in total. The number of alkyl halides is 6. The number of aromatic nitrogens is 2. The highest BCUT2D eigenvalue weighted by Crippen LogP contribution is 2.51. The number of ether oxygens (including phenoxy) is 2. The van der Waals surface area contributed by atoms with Gasteiger partial charge in [0.2, 0.25) is 0 Å². The summed E-state index contributed by atoms with van der Waals surface area (Å²) in [5.41, 5.74) is -3.00. The minimum Gasteiger partial charge on any atom is -0.490 e. The maximum Gasteiger partial charge on any atom is 0.573 e. The summed E-state index contributed by atoms with van der Waals surface area (Å²) in [6.45, 7) is -1.27. The van der Waals surface area contributed by atoms with Gasteiger partial charge in [0, 0.05) is 16.7 Å². The molecular formula is C28H20F7N3O5. The van der Waals surface area contributed by atoms with E-state index in [9.17, 15) is 40.6 Å². The van der Waals surface area contributed by atoms with Crippen molar-refractivity contribution in [3.63, 3.8) is 0 Å². The predicted molar refractivity (Wildman–Crippen MR) is 134 cm³/mol. The smallest absolute Gasteiger partial charge is 0.490 e. The molecule has 15 heteroatoms. The number of pyridine rings is 1. The topological polar surface area (TPSA) is 107 Å². The number of rotatable bonds is 7. The lowest BCUT2D eigenvalue weighted by Crippen LogP contribution is -2.43. The van der Waals surface area contributed by atoms with Crippen molar-refractivity contribution in [2.45, 2.75) is 36.9 Å². The van der Waals surface area contributed by atoms with E-state index in [-0.39, 0.29) is 44.9 Å². The van der Waals surface area contributed by atoms with Crippen LogP contribution in [-0.4, -0.2) is 46.7 Å². The summed E-state index contributed by atoms with van der Waals surface area (Å²) in [5.74, 6) is -4.99. The van der Waals surface area contributed by atoms with Crippen LogP contribution in [0.5, 0.6) is 11.5 Å². The molecule has 1 aliphatic carbocycles. The zero-order chi connectivity index (χ0) is 30.7. The van der Waals surface area contributed by atoms with Gasteiger partial charge in [0.25, 0.3) is 5.91 Å². The van der Waals surface area contributed by atoms with Gasteiger partial charge in [-0.1, -0.05) is 0 Å². The van der Waals surface area contributed by atoms with Crippen molar-refractivity contribution < 1.29 is 54.5 Å². The second kappa shape index (κ2) is 10.1. The Kier molecular flexibility index (Phi) is 6.75. The molecule has 2 aromatic heterocycles. The number of aliphatic hydroxyl groups is 1. The first-order valence-corrected chi connectivity index (χ1v) is 12.9. The predicted octanol–water partition coefficient (Wildman–Crippen LogP) is 5.99. The van der Waals surface area contributed by atoms with E-state index in [2.05, 4.69) is 20.0 Å². The average molecular weight is 611 g/mol. The van der Waals surface area contributed by atoms with E-state index in [0.717, 1.165) is 36.7 Å². The number of benzene rings is 2. The molecule has 0 unspecified atom stereocenters. The van der Waals surface area contributed by atoms with Gasteiger partial charge in [-0.2, -0.15) is 13.2 Å². The van der Waals surface area contributed by atoms with E-state index < -0.39 is 60.6 Å². The minimum atomic E-state index is -5.09. The lowest BCUT2D eigenvalue weighted by Gasteiger charge is -2.29. The molecule has 0 spiro atoms. The first-order chi connectivity index (χ1) is 20.2. The molecule has 1 amide bonds. The van der Waals surface area contributed by atoms with Crippen LogP contribution in [0.4, 0.5) is 30.7 Å². The lowest BCUT2D eigenvalue weighted by molar-refractivity contribution is -0.274. The second-order valence-corrected chi connectivity index (χ2v) is 10.3. The lowest BCUT2D eigenvalue weighted by atomic mass is 9.88. The number of amides is 1. The Morgan fingerprint density at radius 1 is 1.07 bits per heavy atom. The largest absolute Gasteiger partial charge is 0.573 e. The molecule has 2 atom stereocenters. The van der Waals surface area contributed by atoms with Crippen LogP contribution in [0.15, 0.2) is 53.3 Å². The molecule has 6 rings (SSSR count). The Balaban J connectivity index is 1.36. The first-order valence-electron chi connectivity index (χ1n) is 12.9. The maximum absolute atomic E-state index is 13.9. The van der Waals surface area contributed by atoms with Crippen molar-refractivity contribution in [1.82, 2.24) is 15.3 Å². The van der Waals surface area contributed by atoms with Gasteiger partial charge in [-0.15, -0.1) is 13.2 Å². The van der Waals surface area contributed by atoms with Crippen LogP contribution in [0.3, 0.4) is 0 Å². The molecule has 1 fully saturated rings. The van der Waals surface area contributed by atoms with Gasteiger partial charge in [0.05, 0.1) is 12.2 Å². The fourth-order valence-electron chi connectivity index (χ4n) is 5.11. The molecule has 1 saturated carbocycles. The number of nitrogens with one attached hydrogen (secondary N) is 1. The number of nitrogens with zero attached hydrogens (tertiary/aromatic N) is 2.